The zero-order valence-corrected chi connectivity index (χ0v) is 15.5. The molecule has 0 heterocycles. The lowest BCUT2D eigenvalue weighted by atomic mass is 9.89. The first kappa shape index (κ1) is 17.8. The number of benzene rings is 2. The van der Waals surface area contributed by atoms with Crippen LogP contribution in [0, 0.1) is 6.92 Å². The van der Waals surface area contributed by atoms with Gasteiger partial charge in [0.2, 0.25) is 0 Å². The number of carbonyl (C=O) groups excluding carboxylic acids is 1. The van der Waals surface area contributed by atoms with E-state index in [2.05, 4.69) is 23.5 Å². The van der Waals surface area contributed by atoms with Gasteiger partial charge in [0.05, 0.1) is 6.04 Å². The van der Waals surface area contributed by atoms with E-state index < -0.39 is 0 Å². The van der Waals surface area contributed by atoms with E-state index in [1.165, 1.54) is 30.4 Å². The van der Waals surface area contributed by atoms with Crippen LogP contribution < -0.4 is 10.1 Å². The molecule has 1 aliphatic carbocycles. The second kappa shape index (κ2) is 7.92. The highest BCUT2D eigenvalue weighted by atomic mass is 35.5. The van der Waals surface area contributed by atoms with Crippen LogP contribution in [-0.2, 0) is 17.6 Å². The highest BCUT2D eigenvalue weighted by molar-refractivity contribution is 6.31. The van der Waals surface area contributed by atoms with E-state index >= 15 is 0 Å². The summed E-state index contributed by atoms with van der Waals surface area (Å²) in [6.07, 6.45) is 4.85. The van der Waals surface area contributed by atoms with Gasteiger partial charge in [0.25, 0.3) is 5.91 Å². The summed E-state index contributed by atoms with van der Waals surface area (Å²) in [6.45, 7) is 3.92. The maximum absolute atomic E-state index is 12.2. The van der Waals surface area contributed by atoms with Gasteiger partial charge in [-0.2, -0.15) is 0 Å². The summed E-state index contributed by atoms with van der Waals surface area (Å²) in [7, 11) is 0. The first-order valence-corrected chi connectivity index (χ1v) is 9.21. The molecule has 1 atom stereocenters. The quantitative estimate of drug-likeness (QED) is 0.836. The summed E-state index contributed by atoms with van der Waals surface area (Å²) in [4.78, 5) is 12.2. The Kier molecular flexibility index (Phi) is 5.64. The molecule has 0 aliphatic heterocycles. The number of nitrogens with one attached hydrogen (secondary N) is 1. The lowest BCUT2D eigenvalue weighted by Crippen LogP contribution is -2.31. The molecular formula is C21H24ClNO2. The highest BCUT2D eigenvalue weighted by Gasteiger charge is 2.14. The number of amides is 1. The van der Waals surface area contributed by atoms with Crippen LogP contribution in [0.25, 0.3) is 0 Å². The molecule has 1 amide bonds. The molecule has 0 fully saturated rings. The number of hydrogen-bond acceptors (Lipinski definition) is 2. The minimum Gasteiger partial charge on any atom is -0.484 e. The minimum absolute atomic E-state index is 0.00362. The van der Waals surface area contributed by atoms with Crippen LogP contribution in [0.1, 0.15) is 48.1 Å². The van der Waals surface area contributed by atoms with Gasteiger partial charge >= 0.3 is 0 Å². The van der Waals surface area contributed by atoms with Crippen molar-refractivity contribution in [3.05, 3.63) is 63.7 Å². The molecule has 0 saturated carbocycles. The van der Waals surface area contributed by atoms with Gasteiger partial charge in [-0.25, -0.2) is 0 Å². The van der Waals surface area contributed by atoms with Crippen molar-refractivity contribution in [1.29, 1.82) is 0 Å². The molecule has 0 spiro atoms. The van der Waals surface area contributed by atoms with E-state index in [1.807, 2.05) is 19.9 Å². The Balaban J connectivity index is 1.56. The normalized spacial score (nSPS) is 14.5. The van der Waals surface area contributed by atoms with Crippen molar-refractivity contribution in [3.8, 4) is 5.75 Å². The van der Waals surface area contributed by atoms with Crippen molar-refractivity contribution in [3.63, 3.8) is 0 Å². The van der Waals surface area contributed by atoms with E-state index in [9.17, 15) is 4.79 Å². The number of fused-ring (bicyclic) bond motifs is 1. The summed E-state index contributed by atoms with van der Waals surface area (Å²) in [5, 5.41) is 3.70. The van der Waals surface area contributed by atoms with Crippen molar-refractivity contribution >= 4 is 17.5 Å². The number of aryl methyl sites for hydroxylation is 3. The molecular weight excluding hydrogens is 334 g/mol. The van der Waals surface area contributed by atoms with E-state index in [1.54, 1.807) is 12.1 Å². The number of carbonyl (C=O) groups is 1. The SMILES string of the molecule is Cc1cc(OCC(=O)N[C@@H](C)c2ccc3c(c2)CCCC3)ccc1Cl. The van der Waals surface area contributed by atoms with Crippen molar-refractivity contribution in [2.45, 2.75) is 45.6 Å². The smallest absolute Gasteiger partial charge is 0.258 e. The fourth-order valence-electron chi connectivity index (χ4n) is 3.25. The van der Waals surface area contributed by atoms with E-state index in [4.69, 9.17) is 16.3 Å². The number of halogens is 1. The molecule has 0 aromatic heterocycles. The van der Waals surface area contributed by atoms with Gasteiger partial charge in [0.1, 0.15) is 5.75 Å². The molecule has 0 saturated heterocycles. The third-order valence-corrected chi connectivity index (χ3v) is 5.17. The summed E-state index contributed by atoms with van der Waals surface area (Å²) in [5.41, 5.74) is 4.96. The first-order valence-electron chi connectivity index (χ1n) is 8.83. The third kappa shape index (κ3) is 4.55. The molecule has 0 unspecified atom stereocenters. The number of rotatable bonds is 5. The Hall–Kier alpha value is -2.00. The minimum atomic E-state index is -0.127. The van der Waals surface area contributed by atoms with Gasteiger partial charge in [0.15, 0.2) is 6.61 Å². The van der Waals surface area contributed by atoms with E-state index in [0.29, 0.717) is 10.8 Å². The molecule has 1 aliphatic rings. The molecule has 3 rings (SSSR count). The zero-order valence-electron chi connectivity index (χ0n) is 14.8. The van der Waals surface area contributed by atoms with Gasteiger partial charge in [-0.15, -0.1) is 0 Å². The zero-order chi connectivity index (χ0) is 17.8. The summed E-state index contributed by atoms with van der Waals surface area (Å²) < 4.78 is 5.56. The lowest BCUT2D eigenvalue weighted by molar-refractivity contribution is -0.123. The Labute approximate surface area is 154 Å². The van der Waals surface area contributed by atoms with Gasteiger partial charge in [-0.3, -0.25) is 4.79 Å². The Morgan fingerprint density at radius 1 is 1.16 bits per heavy atom. The average molecular weight is 358 g/mol. The average Bonchev–Trinajstić information content (AvgIpc) is 2.62. The molecule has 1 N–H and O–H groups in total. The van der Waals surface area contributed by atoms with E-state index in [0.717, 1.165) is 17.5 Å². The Morgan fingerprint density at radius 3 is 2.68 bits per heavy atom. The van der Waals surface area contributed by atoms with Gasteiger partial charge in [0, 0.05) is 5.02 Å². The molecule has 2 aromatic rings. The maximum atomic E-state index is 12.2. The number of ether oxygens (including phenoxy) is 1. The summed E-state index contributed by atoms with van der Waals surface area (Å²) in [6, 6.07) is 11.9. The van der Waals surface area contributed by atoms with Gasteiger partial charge in [-0.1, -0.05) is 29.8 Å². The molecule has 3 nitrogen and oxygen atoms in total. The van der Waals surface area contributed by atoms with Gasteiger partial charge in [-0.05, 0) is 80.0 Å². The molecule has 25 heavy (non-hydrogen) atoms. The molecule has 4 heteroatoms. The predicted molar refractivity (Wildman–Crippen MR) is 101 cm³/mol. The maximum Gasteiger partial charge on any atom is 0.258 e. The molecule has 0 radical (unpaired) electrons. The fraction of sp³-hybridized carbons (Fsp3) is 0.381. The van der Waals surface area contributed by atoms with Crippen LogP contribution in [0.15, 0.2) is 36.4 Å². The molecule has 132 valence electrons. The van der Waals surface area contributed by atoms with Crippen molar-refractivity contribution in [2.24, 2.45) is 0 Å². The highest BCUT2D eigenvalue weighted by Crippen LogP contribution is 2.25. The van der Waals surface area contributed by atoms with Crippen LogP contribution >= 0.6 is 11.6 Å². The third-order valence-electron chi connectivity index (χ3n) is 4.75. The monoisotopic (exact) mass is 357 g/mol. The van der Waals surface area contributed by atoms with Crippen LogP contribution in [0.3, 0.4) is 0 Å². The van der Waals surface area contributed by atoms with Crippen molar-refractivity contribution in [1.82, 2.24) is 5.32 Å². The second-order valence-electron chi connectivity index (χ2n) is 6.72. The van der Waals surface area contributed by atoms with Crippen molar-refractivity contribution in [2.75, 3.05) is 6.61 Å². The van der Waals surface area contributed by atoms with E-state index in [-0.39, 0.29) is 18.6 Å². The predicted octanol–water partition coefficient (Wildman–Crippen LogP) is 4.78. The topological polar surface area (TPSA) is 38.3 Å². The summed E-state index contributed by atoms with van der Waals surface area (Å²) >= 11 is 6.00. The van der Waals surface area contributed by atoms with Crippen LogP contribution in [0.4, 0.5) is 0 Å². The second-order valence-corrected chi connectivity index (χ2v) is 7.13. The first-order chi connectivity index (χ1) is 12.0. The summed E-state index contributed by atoms with van der Waals surface area (Å²) in [5.74, 6) is 0.524. The Morgan fingerprint density at radius 2 is 1.92 bits per heavy atom. The largest absolute Gasteiger partial charge is 0.484 e. The molecule has 2 aromatic carbocycles. The Bertz CT molecular complexity index is 772. The fourth-order valence-corrected chi connectivity index (χ4v) is 3.36. The number of hydrogen-bond donors (Lipinski definition) is 1. The van der Waals surface area contributed by atoms with Crippen molar-refractivity contribution < 1.29 is 9.53 Å². The standard InChI is InChI=1S/C21H24ClNO2/c1-14-11-19(9-10-20(14)22)25-13-21(24)23-15(2)17-8-7-16-5-3-4-6-18(16)12-17/h7-12,15H,3-6,13H2,1-2H3,(H,23,24)/t15-/m0/s1. The molecule has 0 bridgehead atoms. The van der Waals surface area contributed by atoms with Crippen LogP contribution in [-0.4, -0.2) is 12.5 Å². The van der Waals surface area contributed by atoms with Crippen LogP contribution in [0.5, 0.6) is 5.75 Å². The van der Waals surface area contributed by atoms with Gasteiger partial charge < -0.3 is 10.1 Å². The van der Waals surface area contributed by atoms with Crippen LogP contribution in [0.2, 0.25) is 5.02 Å². The lowest BCUT2D eigenvalue weighted by Gasteiger charge is -2.20.